The van der Waals surface area contributed by atoms with Gasteiger partial charge in [0.25, 0.3) is 5.91 Å². The van der Waals surface area contributed by atoms with E-state index in [9.17, 15) is 9.59 Å². The molecule has 2 aromatic rings. The molecule has 146 valence electrons. The first-order valence-corrected chi connectivity index (χ1v) is 8.89. The molecule has 0 atom stereocenters. The molecule has 0 bridgehead atoms. The average Bonchev–Trinajstić information content (AvgIpc) is 2.68. The molecule has 0 aromatic heterocycles. The molecule has 1 N–H and O–H groups in total. The largest absolute Gasteiger partial charge is 0.493 e. The minimum Gasteiger partial charge on any atom is -0.493 e. The fraction of sp³-hybridized carbons (Fsp3) is 0.238. The van der Waals surface area contributed by atoms with Crippen molar-refractivity contribution in [3.8, 4) is 23.8 Å². The maximum absolute atomic E-state index is 12.7. The fourth-order valence-electron chi connectivity index (χ4n) is 2.52. The number of nitrogens with zero attached hydrogens (tertiary/aromatic N) is 1. The Morgan fingerprint density at radius 1 is 1.29 bits per heavy atom. The van der Waals surface area contributed by atoms with Crippen LogP contribution in [0.2, 0.25) is 5.02 Å². The molecule has 0 radical (unpaired) electrons. The number of amides is 2. The molecular formula is C21H21ClN2O4. The van der Waals surface area contributed by atoms with Crippen LogP contribution in [0.15, 0.2) is 36.4 Å². The minimum atomic E-state index is -0.379. The molecule has 0 saturated heterocycles. The average molecular weight is 401 g/mol. The molecule has 0 aliphatic carbocycles. The van der Waals surface area contributed by atoms with Crippen LogP contribution in [0.1, 0.15) is 22.8 Å². The molecule has 6 nitrogen and oxygen atoms in total. The summed E-state index contributed by atoms with van der Waals surface area (Å²) in [5, 5.41) is 2.97. The van der Waals surface area contributed by atoms with Crippen molar-refractivity contribution in [2.24, 2.45) is 0 Å². The fourth-order valence-corrected chi connectivity index (χ4v) is 2.79. The lowest BCUT2D eigenvalue weighted by Crippen LogP contribution is -2.35. The first-order chi connectivity index (χ1) is 13.4. The zero-order chi connectivity index (χ0) is 20.7. The lowest BCUT2D eigenvalue weighted by Gasteiger charge is -2.18. The third kappa shape index (κ3) is 5.18. The Labute approximate surface area is 169 Å². The highest BCUT2D eigenvalue weighted by Gasteiger charge is 2.20. The molecule has 0 spiro atoms. The lowest BCUT2D eigenvalue weighted by atomic mass is 10.1. The van der Waals surface area contributed by atoms with Crippen LogP contribution >= 0.6 is 11.6 Å². The molecule has 2 amide bonds. The second-order valence-corrected chi connectivity index (χ2v) is 6.26. The van der Waals surface area contributed by atoms with E-state index in [1.165, 1.54) is 31.2 Å². The Hall–Kier alpha value is -3.17. The smallest absolute Gasteiger partial charge is 0.254 e. The van der Waals surface area contributed by atoms with Crippen molar-refractivity contribution in [2.45, 2.75) is 6.92 Å². The summed E-state index contributed by atoms with van der Waals surface area (Å²) in [7, 11) is 2.99. The molecular weight excluding hydrogens is 380 g/mol. The van der Waals surface area contributed by atoms with Crippen LogP contribution in [0.5, 0.6) is 11.5 Å². The van der Waals surface area contributed by atoms with Crippen LogP contribution in [-0.2, 0) is 4.79 Å². The summed E-state index contributed by atoms with van der Waals surface area (Å²) in [5.41, 5.74) is 1.50. The van der Waals surface area contributed by atoms with Gasteiger partial charge in [0.05, 0.1) is 25.3 Å². The van der Waals surface area contributed by atoms with Gasteiger partial charge in [0.2, 0.25) is 5.91 Å². The highest BCUT2D eigenvalue weighted by atomic mass is 35.5. The topological polar surface area (TPSA) is 67.9 Å². The van der Waals surface area contributed by atoms with Crippen molar-refractivity contribution in [3.05, 3.63) is 52.5 Å². The molecule has 7 heteroatoms. The summed E-state index contributed by atoms with van der Waals surface area (Å²) in [6.07, 6.45) is 5.35. The van der Waals surface area contributed by atoms with Crippen LogP contribution < -0.4 is 14.8 Å². The maximum Gasteiger partial charge on any atom is 0.254 e. The van der Waals surface area contributed by atoms with E-state index >= 15 is 0 Å². The van der Waals surface area contributed by atoms with Gasteiger partial charge in [-0.15, -0.1) is 6.42 Å². The monoisotopic (exact) mass is 400 g/mol. The van der Waals surface area contributed by atoms with Crippen LogP contribution in [0.3, 0.4) is 0 Å². The third-order valence-corrected chi connectivity index (χ3v) is 4.09. The van der Waals surface area contributed by atoms with E-state index < -0.39 is 0 Å². The summed E-state index contributed by atoms with van der Waals surface area (Å²) < 4.78 is 10.7. The number of hydrogen-bond donors (Lipinski definition) is 1. The predicted octanol–water partition coefficient (Wildman–Crippen LogP) is 3.44. The number of methoxy groups -OCH3 is 1. The Kier molecular flexibility index (Phi) is 7.30. The normalized spacial score (nSPS) is 9.96. The third-order valence-electron chi connectivity index (χ3n) is 3.81. The van der Waals surface area contributed by atoms with Gasteiger partial charge in [0.15, 0.2) is 11.5 Å². The Morgan fingerprint density at radius 3 is 2.68 bits per heavy atom. The van der Waals surface area contributed by atoms with E-state index in [0.717, 1.165) is 0 Å². The number of likely N-dealkylation sites (N-methyl/N-ethyl adjacent to an activating group) is 1. The number of anilines is 1. The Morgan fingerprint density at radius 2 is 2.04 bits per heavy atom. The molecule has 2 rings (SSSR count). The van der Waals surface area contributed by atoms with Crippen LogP contribution in [0, 0.1) is 12.3 Å². The van der Waals surface area contributed by atoms with Gasteiger partial charge >= 0.3 is 0 Å². The Balaban J connectivity index is 2.10. The number of benzene rings is 2. The maximum atomic E-state index is 12.7. The lowest BCUT2D eigenvalue weighted by molar-refractivity contribution is -0.116. The minimum absolute atomic E-state index is 0.147. The molecule has 0 heterocycles. The van der Waals surface area contributed by atoms with Crippen molar-refractivity contribution < 1.29 is 19.1 Å². The number of terminal acetylenes is 1. The number of carbonyl (C=O) groups excluding carboxylic acids is 2. The van der Waals surface area contributed by atoms with Gasteiger partial charge in [-0.25, -0.2) is 0 Å². The molecule has 0 aliphatic heterocycles. The quantitative estimate of drug-likeness (QED) is 0.723. The number of rotatable bonds is 7. The van der Waals surface area contributed by atoms with Gasteiger partial charge in [-0.2, -0.15) is 0 Å². The summed E-state index contributed by atoms with van der Waals surface area (Å²) in [5.74, 6) is 2.49. The van der Waals surface area contributed by atoms with Crippen LogP contribution in [0.25, 0.3) is 0 Å². The number of hydrogen-bond acceptors (Lipinski definition) is 4. The zero-order valence-corrected chi connectivity index (χ0v) is 16.7. The highest BCUT2D eigenvalue weighted by Crippen LogP contribution is 2.36. The highest BCUT2D eigenvalue weighted by molar-refractivity contribution is 6.32. The standard InChI is InChI=1S/C21H21ClN2O4/c1-5-14-8-7-9-16(10-14)23-19(25)13-24(3)21(26)15-11-17(22)20(28-6-2)18(12-15)27-4/h1,7-12H,6,13H2,2-4H3,(H,23,25). The predicted molar refractivity (Wildman–Crippen MR) is 109 cm³/mol. The van der Waals surface area contributed by atoms with E-state index in [1.54, 1.807) is 24.3 Å². The van der Waals surface area contributed by atoms with Gasteiger partial charge in [-0.1, -0.05) is 23.6 Å². The van der Waals surface area contributed by atoms with E-state index in [1.807, 2.05) is 6.92 Å². The first kappa shape index (κ1) is 21.1. The van der Waals surface area contributed by atoms with Crippen molar-refractivity contribution in [1.82, 2.24) is 4.90 Å². The number of nitrogens with one attached hydrogen (secondary N) is 1. The summed E-state index contributed by atoms with van der Waals surface area (Å²) >= 11 is 6.21. The number of carbonyl (C=O) groups is 2. The van der Waals surface area contributed by atoms with Gasteiger partial charge in [-0.3, -0.25) is 9.59 Å². The summed E-state index contributed by atoms with van der Waals surface area (Å²) in [6, 6.07) is 9.92. The molecule has 2 aromatic carbocycles. The molecule has 28 heavy (non-hydrogen) atoms. The van der Waals surface area contributed by atoms with Crippen molar-refractivity contribution >= 4 is 29.1 Å². The van der Waals surface area contributed by atoms with Gasteiger partial charge in [0.1, 0.15) is 0 Å². The number of halogens is 1. The van der Waals surface area contributed by atoms with Gasteiger partial charge < -0.3 is 19.7 Å². The molecule has 0 unspecified atom stereocenters. The van der Waals surface area contributed by atoms with E-state index in [0.29, 0.717) is 29.4 Å². The molecule has 0 fully saturated rings. The van der Waals surface area contributed by atoms with Crippen LogP contribution in [0.4, 0.5) is 5.69 Å². The van der Waals surface area contributed by atoms with E-state index in [-0.39, 0.29) is 28.9 Å². The molecule has 0 aliphatic rings. The van der Waals surface area contributed by atoms with E-state index in [4.69, 9.17) is 27.5 Å². The summed E-state index contributed by atoms with van der Waals surface area (Å²) in [6.45, 7) is 2.08. The summed E-state index contributed by atoms with van der Waals surface area (Å²) in [4.78, 5) is 26.2. The Bertz CT molecular complexity index is 921. The van der Waals surface area contributed by atoms with Crippen molar-refractivity contribution in [3.63, 3.8) is 0 Å². The molecule has 0 saturated carbocycles. The second-order valence-electron chi connectivity index (χ2n) is 5.86. The van der Waals surface area contributed by atoms with Gasteiger partial charge in [-0.05, 0) is 37.3 Å². The van der Waals surface area contributed by atoms with Crippen LogP contribution in [-0.4, -0.2) is 44.0 Å². The SMILES string of the molecule is C#Cc1cccc(NC(=O)CN(C)C(=O)c2cc(Cl)c(OCC)c(OC)c2)c1. The van der Waals surface area contributed by atoms with Crippen molar-refractivity contribution in [1.29, 1.82) is 0 Å². The first-order valence-electron chi connectivity index (χ1n) is 8.51. The van der Waals surface area contributed by atoms with Crippen molar-refractivity contribution in [2.75, 3.05) is 32.6 Å². The van der Waals surface area contributed by atoms with Gasteiger partial charge in [0, 0.05) is 23.9 Å². The number of ether oxygens (including phenoxy) is 2. The zero-order valence-electron chi connectivity index (χ0n) is 15.9. The van der Waals surface area contributed by atoms with E-state index in [2.05, 4.69) is 11.2 Å². The second kappa shape index (κ2) is 9.67.